The Kier molecular flexibility index (Phi) is 7.39. The van der Waals surface area contributed by atoms with Crippen molar-refractivity contribution in [3.63, 3.8) is 0 Å². The van der Waals surface area contributed by atoms with Crippen LogP contribution in [0.25, 0.3) is 11.4 Å². The summed E-state index contributed by atoms with van der Waals surface area (Å²) in [6.07, 6.45) is 1.00. The standard InChI is InChI=1S/C22H25ClN4O2S/c1-5-13(2)16-8-6-7-9-18(16)24-21(28)14(3)30-22-25-20(26-27-22)17-12-15(23)10-11-19(17)29-4/h6-14H,5H2,1-4H3,(H,24,28)(H,25,26,27). The molecule has 0 radical (unpaired) electrons. The van der Waals surface area contributed by atoms with Crippen molar-refractivity contribution in [1.29, 1.82) is 0 Å². The van der Waals surface area contributed by atoms with Crippen molar-refractivity contribution in [1.82, 2.24) is 15.2 Å². The molecule has 1 amide bonds. The van der Waals surface area contributed by atoms with Crippen LogP contribution in [-0.4, -0.2) is 33.4 Å². The van der Waals surface area contributed by atoms with Crippen LogP contribution in [0.5, 0.6) is 5.75 Å². The van der Waals surface area contributed by atoms with Gasteiger partial charge in [-0.15, -0.1) is 5.10 Å². The van der Waals surface area contributed by atoms with Crippen LogP contribution in [0.3, 0.4) is 0 Å². The molecular formula is C22H25ClN4O2S. The van der Waals surface area contributed by atoms with Crippen molar-refractivity contribution in [3.8, 4) is 17.1 Å². The summed E-state index contributed by atoms with van der Waals surface area (Å²) in [6.45, 7) is 6.13. The van der Waals surface area contributed by atoms with Crippen LogP contribution in [0.2, 0.25) is 5.02 Å². The number of amides is 1. The van der Waals surface area contributed by atoms with E-state index in [4.69, 9.17) is 16.3 Å². The molecule has 2 N–H and O–H groups in total. The number of carbonyl (C=O) groups excluding carboxylic acids is 1. The van der Waals surface area contributed by atoms with Gasteiger partial charge in [0.1, 0.15) is 5.75 Å². The maximum absolute atomic E-state index is 12.8. The van der Waals surface area contributed by atoms with Crippen LogP contribution in [0.1, 0.15) is 38.7 Å². The Morgan fingerprint density at radius 3 is 2.77 bits per heavy atom. The zero-order valence-electron chi connectivity index (χ0n) is 17.4. The van der Waals surface area contributed by atoms with E-state index >= 15 is 0 Å². The van der Waals surface area contributed by atoms with Gasteiger partial charge in [-0.3, -0.25) is 9.89 Å². The molecule has 0 bridgehead atoms. The normalized spacial score (nSPS) is 13.0. The van der Waals surface area contributed by atoms with E-state index in [0.29, 0.717) is 33.2 Å². The van der Waals surface area contributed by atoms with Gasteiger partial charge in [0.05, 0.1) is 17.9 Å². The van der Waals surface area contributed by atoms with Crippen LogP contribution in [0, 0.1) is 0 Å². The molecule has 2 aromatic carbocycles. The van der Waals surface area contributed by atoms with Gasteiger partial charge in [0.25, 0.3) is 0 Å². The molecule has 0 spiro atoms. The minimum absolute atomic E-state index is 0.0950. The largest absolute Gasteiger partial charge is 0.496 e. The summed E-state index contributed by atoms with van der Waals surface area (Å²) in [7, 11) is 1.59. The molecule has 0 fully saturated rings. The van der Waals surface area contributed by atoms with Crippen LogP contribution in [0.4, 0.5) is 5.69 Å². The van der Waals surface area contributed by atoms with E-state index < -0.39 is 0 Å². The lowest BCUT2D eigenvalue weighted by atomic mass is 9.97. The summed E-state index contributed by atoms with van der Waals surface area (Å²) >= 11 is 7.39. The van der Waals surface area contributed by atoms with Gasteiger partial charge in [-0.2, -0.15) is 0 Å². The number of nitrogens with zero attached hydrogens (tertiary/aromatic N) is 2. The first-order valence-electron chi connectivity index (χ1n) is 9.75. The number of anilines is 1. The summed E-state index contributed by atoms with van der Waals surface area (Å²) < 4.78 is 5.37. The molecular weight excluding hydrogens is 420 g/mol. The molecule has 0 aliphatic rings. The predicted molar refractivity (Wildman–Crippen MR) is 122 cm³/mol. The predicted octanol–water partition coefficient (Wildman–Crippen LogP) is 5.77. The van der Waals surface area contributed by atoms with Crippen molar-refractivity contribution in [2.24, 2.45) is 0 Å². The second-order valence-electron chi connectivity index (χ2n) is 6.96. The van der Waals surface area contributed by atoms with E-state index in [9.17, 15) is 4.79 Å². The molecule has 0 aliphatic heterocycles. The number of aromatic nitrogens is 3. The minimum atomic E-state index is -0.375. The number of carbonyl (C=O) groups is 1. The Morgan fingerprint density at radius 1 is 1.27 bits per heavy atom. The van der Waals surface area contributed by atoms with Gasteiger partial charge in [0.15, 0.2) is 5.82 Å². The van der Waals surface area contributed by atoms with Crippen molar-refractivity contribution < 1.29 is 9.53 Å². The molecule has 2 unspecified atom stereocenters. The number of aromatic amines is 1. The zero-order valence-corrected chi connectivity index (χ0v) is 19.0. The number of H-pyrrole nitrogens is 1. The van der Waals surface area contributed by atoms with Crippen molar-refractivity contribution in [2.75, 3.05) is 12.4 Å². The molecule has 0 aliphatic carbocycles. The lowest BCUT2D eigenvalue weighted by Gasteiger charge is -2.17. The maximum Gasteiger partial charge on any atom is 0.237 e. The lowest BCUT2D eigenvalue weighted by molar-refractivity contribution is -0.115. The van der Waals surface area contributed by atoms with Gasteiger partial charge in [0.2, 0.25) is 11.1 Å². The van der Waals surface area contributed by atoms with Crippen LogP contribution in [-0.2, 0) is 4.79 Å². The number of benzene rings is 2. The number of ether oxygens (including phenoxy) is 1. The molecule has 30 heavy (non-hydrogen) atoms. The Labute approximate surface area is 185 Å². The van der Waals surface area contributed by atoms with Crippen LogP contribution >= 0.6 is 23.4 Å². The molecule has 0 saturated carbocycles. The number of rotatable bonds is 8. The molecule has 158 valence electrons. The van der Waals surface area contributed by atoms with E-state index in [1.54, 1.807) is 25.3 Å². The minimum Gasteiger partial charge on any atom is -0.496 e. The molecule has 8 heteroatoms. The first kappa shape index (κ1) is 22.2. The smallest absolute Gasteiger partial charge is 0.237 e. The second kappa shape index (κ2) is 10.00. The molecule has 3 aromatic rings. The Morgan fingerprint density at radius 2 is 2.03 bits per heavy atom. The van der Waals surface area contributed by atoms with E-state index in [0.717, 1.165) is 17.7 Å². The highest BCUT2D eigenvalue weighted by Crippen LogP contribution is 2.32. The van der Waals surface area contributed by atoms with E-state index in [2.05, 4.69) is 40.4 Å². The van der Waals surface area contributed by atoms with Crippen molar-refractivity contribution >= 4 is 35.0 Å². The van der Waals surface area contributed by atoms with Gasteiger partial charge in [-0.25, -0.2) is 4.98 Å². The van der Waals surface area contributed by atoms with Gasteiger partial charge in [-0.05, 0) is 49.1 Å². The molecule has 6 nitrogen and oxygen atoms in total. The maximum atomic E-state index is 12.8. The summed E-state index contributed by atoms with van der Waals surface area (Å²) in [5.74, 6) is 1.45. The number of halogens is 1. The van der Waals surface area contributed by atoms with Gasteiger partial charge in [-0.1, -0.05) is 55.4 Å². The SMILES string of the molecule is CCC(C)c1ccccc1NC(=O)C(C)Sc1n[nH]c(-c2cc(Cl)ccc2OC)n1. The number of hydrogen-bond acceptors (Lipinski definition) is 5. The third-order valence-corrected chi connectivity index (χ3v) is 6.09. The number of para-hydroxylation sites is 1. The monoisotopic (exact) mass is 444 g/mol. The van der Waals surface area contributed by atoms with Gasteiger partial charge < -0.3 is 10.1 Å². The Bertz CT molecular complexity index is 1020. The Balaban J connectivity index is 1.71. The highest BCUT2D eigenvalue weighted by atomic mass is 35.5. The fraction of sp³-hybridized carbons (Fsp3) is 0.318. The summed E-state index contributed by atoms with van der Waals surface area (Å²) in [5, 5.41) is 10.9. The van der Waals surface area contributed by atoms with Crippen LogP contribution in [0.15, 0.2) is 47.6 Å². The van der Waals surface area contributed by atoms with E-state index in [1.165, 1.54) is 11.8 Å². The Hall–Kier alpha value is -2.51. The van der Waals surface area contributed by atoms with E-state index in [-0.39, 0.29) is 11.2 Å². The molecule has 1 aromatic heterocycles. The first-order chi connectivity index (χ1) is 14.4. The van der Waals surface area contributed by atoms with Crippen molar-refractivity contribution in [3.05, 3.63) is 53.1 Å². The summed E-state index contributed by atoms with van der Waals surface area (Å²) in [4.78, 5) is 17.3. The van der Waals surface area contributed by atoms with Gasteiger partial charge >= 0.3 is 0 Å². The molecule has 2 atom stereocenters. The number of methoxy groups -OCH3 is 1. The third kappa shape index (κ3) is 5.15. The van der Waals surface area contributed by atoms with Crippen LogP contribution < -0.4 is 10.1 Å². The number of thioether (sulfide) groups is 1. The number of hydrogen-bond donors (Lipinski definition) is 2. The van der Waals surface area contributed by atoms with Gasteiger partial charge in [0, 0.05) is 10.7 Å². The zero-order chi connectivity index (χ0) is 21.7. The quantitative estimate of drug-likeness (QED) is 0.431. The lowest BCUT2D eigenvalue weighted by Crippen LogP contribution is -2.23. The van der Waals surface area contributed by atoms with Crippen molar-refractivity contribution in [2.45, 2.75) is 43.5 Å². The molecule has 3 rings (SSSR count). The molecule has 0 saturated heterocycles. The fourth-order valence-electron chi connectivity index (χ4n) is 2.99. The topological polar surface area (TPSA) is 79.9 Å². The highest BCUT2D eigenvalue weighted by molar-refractivity contribution is 8.00. The summed E-state index contributed by atoms with van der Waals surface area (Å²) in [5.41, 5.74) is 2.70. The number of nitrogens with one attached hydrogen (secondary N) is 2. The highest BCUT2D eigenvalue weighted by Gasteiger charge is 2.20. The average Bonchev–Trinajstić information content (AvgIpc) is 3.21. The summed E-state index contributed by atoms with van der Waals surface area (Å²) in [6, 6.07) is 13.2. The average molecular weight is 445 g/mol. The first-order valence-corrected chi connectivity index (χ1v) is 11.0. The fourth-order valence-corrected chi connectivity index (χ4v) is 3.89. The molecule has 1 heterocycles. The second-order valence-corrected chi connectivity index (χ2v) is 8.70. The third-order valence-electron chi connectivity index (χ3n) is 4.89. The van der Waals surface area contributed by atoms with E-state index in [1.807, 2.05) is 25.1 Å².